The average Bonchev–Trinajstić information content (AvgIpc) is 2.49. The van der Waals surface area contributed by atoms with Crippen LogP contribution in [0, 0.1) is 5.92 Å². The first-order valence-corrected chi connectivity index (χ1v) is 7.34. The van der Waals surface area contributed by atoms with Gasteiger partial charge in [-0.15, -0.1) is 0 Å². The van der Waals surface area contributed by atoms with Crippen molar-refractivity contribution < 1.29 is 4.79 Å². The second-order valence-corrected chi connectivity index (χ2v) is 5.18. The number of hydrogen-bond donors (Lipinski definition) is 1. The van der Waals surface area contributed by atoms with Crippen molar-refractivity contribution in [1.29, 1.82) is 0 Å². The lowest BCUT2D eigenvalue weighted by Gasteiger charge is -2.38. The number of hydrogen-bond acceptors (Lipinski definition) is 2. The summed E-state index contributed by atoms with van der Waals surface area (Å²) in [5.74, 6) is 0.490. The molecule has 0 radical (unpaired) electrons. The SMILES string of the molecule is CCC(CC)C(=O)N1CCNCC1c1ccccc1. The standard InChI is InChI=1S/C16H24N2O/c1-3-13(4-2)16(19)18-11-10-17-12-15(18)14-8-6-5-7-9-14/h5-9,13,15,17H,3-4,10-12H2,1-2H3. The number of amides is 1. The van der Waals surface area contributed by atoms with E-state index < -0.39 is 0 Å². The smallest absolute Gasteiger partial charge is 0.226 e. The van der Waals surface area contributed by atoms with E-state index in [1.807, 2.05) is 18.2 Å². The van der Waals surface area contributed by atoms with Crippen molar-refractivity contribution >= 4 is 5.91 Å². The highest BCUT2D eigenvalue weighted by molar-refractivity contribution is 5.79. The van der Waals surface area contributed by atoms with E-state index >= 15 is 0 Å². The van der Waals surface area contributed by atoms with Gasteiger partial charge in [-0.25, -0.2) is 0 Å². The molecule has 1 unspecified atom stereocenters. The predicted octanol–water partition coefficient (Wildman–Crippen LogP) is 2.60. The highest BCUT2D eigenvalue weighted by atomic mass is 16.2. The maximum absolute atomic E-state index is 12.6. The van der Waals surface area contributed by atoms with E-state index in [2.05, 4.69) is 36.2 Å². The lowest BCUT2D eigenvalue weighted by atomic mass is 9.97. The largest absolute Gasteiger partial charge is 0.333 e. The third-order valence-electron chi connectivity index (χ3n) is 4.05. The van der Waals surface area contributed by atoms with E-state index in [4.69, 9.17) is 0 Å². The van der Waals surface area contributed by atoms with Crippen molar-refractivity contribution in [3.8, 4) is 0 Å². The van der Waals surface area contributed by atoms with Gasteiger partial charge in [-0.1, -0.05) is 44.2 Å². The zero-order valence-electron chi connectivity index (χ0n) is 11.9. The molecule has 1 aliphatic heterocycles. The predicted molar refractivity (Wildman–Crippen MR) is 77.8 cm³/mol. The number of carbonyl (C=O) groups excluding carboxylic acids is 1. The van der Waals surface area contributed by atoms with Crippen LogP contribution in [0.5, 0.6) is 0 Å². The summed E-state index contributed by atoms with van der Waals surface area (Å²) in [5.41, 5.74) is 1.23. The summed E-state index contributed by atoms with van der Waals surface area (Å²) in [6.07, 6.45) is 1.86. The molecule has 3 nitrogen and oxygen atoms in total. The van der Waals surface area contributed by atoms with Crippen LogP contribution in [-0.2, 0) is 4.79 Å². The zero-order chi connectivity index (χ0) is 13.7. The molecule has 1 atom stereocenters. The summed E-state index contributed by atoms with van der Waals surface area (Å²) < 4.78 is 0. The Kier molecular flexibility index (Phi) is 4.97. The van der Waals surface area contributed by atoms with Gasteiger partial charge in [0.25, 0.3) is 0 Å². The van der Waals surface area contributed by atoms with Crippen LogP contribution >= 0.6 is 0 Å². The van der Waals surface area contributed by atoms with Crippen LogP contribution < -0.4 is 5.32 Å². The van der Waals surface area contributed by atoms with Crippen molar-refractivity contribution in [1.82, 2.24) is 10.2 Å². The molecule has 1 amide bonds. The van der Waals surface area contributed by atoms with Gasteiger partial charge in [0.05, 0.1) is 6.04 Å². The monoisotopic (exact) mass is 260 g/mol. The number of piperazine rings is 1. The van der Waals surface area contributed by atoms with E-state index in [1.165, 1.54) is 5.56 Å². The second kappa shape index (κ2) is 6.71. The highest BCUT2D eigenvalue weighted by Gasteiger charge is 2.30. The van der Waals surface area contributed by atoms with Gasteiger partial charge in [-0.2, -0.15) is 0 Å². The van der Waals surface area contributed by atoms with Gasteiger partial charge in [-0.3, -0.25) is 4.79 Å². The van der Waals surface area contributed by atoms with E-state index in [1.54, 1.807) is 0 Å². The Bertz CT molecular complexity index is 400. The minimum Gasteiger partial charge on any atom is -0.333 e. The number of benzene rings is 1. The van der Waals surface area contributed by atoms with Crippen LogP contribution in [0.3, 0.4) is 0 Å². The molecule has 0 saturated carbocycles. The first-order valence-electron chi connectivity index (χ1n) is 7.34. The molecular weight excluding hydrogens is 236 g/mol. The van der Waals surface area contributed by atoms with E-state index in [0.717, 1.165) is 32.5 Å². The molecule has 1 aromatic rings. The first-order chi connectivity index (χ1) is 9.27. The fraction of sp³-hybridized carbons (Fsp3) is 0.562. The summed E-state index contributed by atoms with van der Waals surface area (Å²) in [4.78, 5) is 14.7. The van der Waals surface area contributed by atoms with Gasteiger partial charge in [0.1, 0.15) is 0 Å². The number of nitrogens with zero attached hydrogens (tertiary/aromatic N) is 1. The van der Waals surface area contributed by atoms with Crippen LogP contribution in [0.25, 0.3) is 0 Å². The van der Waals surface area contributed by atoms with Crippen molar-refractivity contribution in [3.05, 3.63) is 35.9 Å². The summed E-state index contributed by atoms with van der Waals surface area (Å²) in [5, 5.41) is 3.40. The van der Waals surface area contributed by atoms with Crippen LogP contribution in [0.2, 0.25) is 0 Å². The minimum atomic E-state index is 0.171. The molecule has 1 heterocycles. The Hall–Kier alpha value is -1.35. The molecule has 1 fully saturated rings. The summed E-state index contributed by atoms with van der Waals surface area (Å²) >= 11 is 0. The second-order valence-electron chi connectivity index (χ2n) is 5.18. The Balaban J connectivity index is 2.19. The van der Waals surface area contributed by atoms with Crippen LogP contribution in [-0.4, -0.2) is 30.4 Å². The quantitative estimate of drug-likeness (QED) is 0.902. The average molecular weight is 260 g/mol. The van der Waals surface area contributed by atoms with Gasteiger partial charge in [-0.05, 0) is 18.4 Å². The van der Waals surface area contributed by atoms with Gasteiger partial charge >= 0.3 is 0 Å². The third kappa shape index (κ3) is 3.16. The van der Waals surface area contributed by atoms with Gasteiger partial charge < -0.3 is 10.2 Å². The van der Waals surface area contributed by atoms with E-state index in [-0.39, 0.29) is 12.0 Å². The fourth-order valence-electron chi connectivity index (χ4n) is 2.81. The molecular formula is C16H24N2O. The lowest BCUT2D eigenvalue weighted by molar-refractivity contribution is -0.139. The Morgan fingerprint density at radius 2 is 2.00 bits per heavy atom. The molecule has 1 N–H and O–H groups in total. The fourth-order valence-corrected chi connectivity index (χ4v) is 2.81. The number of rotatable bonds is 4. The molecule has 0 spiro atoms. The topological polar surface area (TPSA) is 32.3 Å². The van der Waals surface area contributed by atoms with Crippen molar-refractivity contribution in [2.45, 2.75) is 32.7 Å². The highest BCUT2D eigenvalue weighted by Crippen LogP contribution is 2.25. The molecule has 0 aliphatic carbocycles. The van der Waals surface area contributed by atoms with Crippen molar-refractivity contribution in [2.75, 3.05) is 19.6 Å². The van der Waals surface area contributed by atoms with Crippen LogP contribution in [0.4, 0.5) is 0 Å². The maximum atomic E-state index is 12.6. The number of nitrogens with one attached hydrogen (secondary N) is 1. The lowest BCUT2D eigenvalue weighted by Crippen LogP contribution is -2.50. The van der Waals surface area contributed by atoms with Gasteiger partial charge in [0.15, 0.2) is 0 Å². The molecule has 0 aromatic heterocycles. The van der Waals surface area contributed by atoms with Crippen LogP contribution in [0.1, 0.15) is 38.3 Å². The molecule has 0 bridgehead atoms. The summed E-state index contributed by atoms with van der Waals surface area (Å²) in [6.45, 7) is 6.78. The first kappa shape index (κ1) is 14.1. The molecule has 19 heavy (non-hydrogen) atoms. The maximum Gasteiger partial charge on any atom is 0.226 e. The minimum absolute atomic E-state index is 0.171. The van der Waals surface area contributed by atoms with Crippen molar-refractivity contribution in [3.63, 3.8) is 0 Å². The number of carbonyl (C=O) groups is 1. The zero-order valence-corrected chi connectivity index (χ0v) is 11.9. The molecule has 1 aliphatic rings. The molecule has 1 aromatic carbocycles. The summed E-state index contributed by atoms with van der Waals surface area (Å²) in [7, 11) is 0. The van der Waals surface area contributed by atoms with Crippen LogP contribution in [0.15, 0.2) is 30.3 Å². The Morgan fingerprint density at radius 3 is 2.63 bits per heavy atom. The third-order valence-corrected chi connectivity index (χ3v) is 4.05. The van der Waals surface area contributed by atoms with E-state index in [0.29, 0.717) is 5.91 Å². The normalized spacial score (nSPS) is 19.7. The molecule has 104 valence electrons. The van der Waals surface area contributed by atoms with E-state index in [9.17, 15) is 4.79 Å². The van der Waals surface area contributed by atoms with Crippen molar-refractivity contribution in [2.24, 2.45) is 5.92 Å². The summed E-state index contributed by atoms with van der Waals surface area (Å²) in [6, 6.07) is 10.5. The Labute approximate surface area is 116 Å². The van der Waals surface area contributed by atoms with Gasteiger partial charge in [0, 0.05) is 25.6 Å². The molecule has 1 saturated heterocycles. The van der Waals surface area contributed by atoms with Gasteiger partial charge in [0.2, 0.25) is 5.91 Å². The molecule has 2 rings (SSSR count). The molecule has 3 heteroatoms. The Morgan fingerprint density at radius 1 is 1.32 bits per heavy atom.